The van der Waals surface area contributed by atoms with Crippen molar-refractivity contribution in [2.24, 2.45) is 0 Å². The molecule has 0 unspecified atom stereocenters. The molecular formula is C14H14ClN5. The molecule has 5 nitrogen and oxygen atoms in total. The lowest BCUT2D eigenvalue weighted by atomic mass is 10.0. The topological polar surface area (TPSA) is 56.5 Å². The third-order valence-electron chi connectivity index (χ3n) is 3.41. The number of nitrogens with zero attached hydrogens (tertiary/aromatic N) is 5. The van der Waals surface area contributed by atoms with Gasteiger partial charge in [-0.15, -0.1) is 5.10 Å². The van der Waals surface area contributed by atoms with Crippen LogP contribution in [0.5, 0.6) is 0 Å². The number of hydrogen-bond acceptors (Lipinski definition) is 4. The first-order chi connectivity index (χ1) is 9.58. The SMILES string of the molecule is Cc1c(-n2cnnn2)ccc2cc(C(C)C)c(Cl)nc12. The van der Waals surface area contributed by atoms with E-state index in [9.17, 15) is 0 Å². The molecule has 2 heterocycles. The number of tetrazole rings is 1. The lowest BCUT2D eigenvalue weighted by Crippen LogP contribution is -2.01. The van der Waals surface area contributed by atoms with Gasteiger partial charge in [-0.3, -0.25) is 0 Å². The first-order valence-electron chi connectivity index (χ1n) is 6.41. The van der Waals surface area contributed by atoms with Crippen molar-refractivity contribution in [1.29, 1.82) is 0 Å². The Labute approximate surface area is 121 Å². The van der Waals surface area contributed by atoms with Crippen LogP contribution in [0.25, 0.3) is 16.6 Å². The molecule has 0 atom stereocenters. The van der Waals surface area contributed by atoms with Crippen molar-refractivity contribution in [1.82, 2.24) is 25.2 Å². The molecule has 20 heavy (non-hydrogen) atoms. The quantitative estimate of drug-likeness (QED) is 0.679. The number of aryl methyl sites for hydroxylation is 1. The summed E-state index contributed by atoms with van der Waals surface area (Å²) >= 11 is 6.29. The molecule has 0 N–H and O–H groups in total. The fourth-order valence-corrected chi connectivity index (χ4v) is 2.65. The lowest BCUT2D eigenvalue weighted by Gasteiger charge is -2.12. The molecule has 1 aromatic carbocycles. The van der Waals surface area contributed by atoms with Gasteiger partial charge in [0.15, 0.2) is 0 Å². The summed E-state index contributed by atoms with van der Waals surface area (Å²) in [6.07, 6.45) is 1.57. The van der Waals surface area contributed by atoms with Crippen LogP contribution in [0.15, 0.2) is 24.5 Å². The van der Waals surface area contributed by atoms with Gasteiger partial charge in [0.1, 0.15) is 11.5 Å². The Morgan fingerprint density at radius 3 is 2.70 bits per heavy atom. The van der Waals surface area contributed by atoms with Gasteiger partial charge in [-0.2, -0.15) is 0 Å². The molecule has 0 aliphatic carbocycles. The summed E-state index contributed by atoms with van der Waals surface area (Å²) in [5, 5.41) is 12.9. The molecule has 3 rings (SSSR count). The molecule has 0 saturated carbocycles. The van der Waals surface area contributed by atoms with E-state index in [2.05, 4.69) is 40.4 Å². The first-order valence-corrected chi connectivity index (χ1v) is 6.79. The largest absolute Gasteiger partial charge is 0.235 e. The fourth-order valence-electron chi connectivity index (χ4n) is 2.29. The van der Waals surface area contributed by atoms with E-state index in [1.54, 1.807) is 11.0 Å². The fraction of sp³-hybridized carbons (Fsp3) is 0.286. The van der Waals surface area contributed by atoms with Crippen molar-refractivity contribution < 1.29 is 0 Å². The average Bonchev–Trinajstić information content (AvgIpc) is 2.93. The standard InChI is InChI=1S/C14H14ClN5/c1-8(2)11-6-10-4-5-12(20-7-16-18-19-20)9(3)13(10)17-14(11)15/h4-8H,1-3H3. The number of halogens is 1. The van der Waals surface area contributed by atoms with Gasteiger partial charge in [0, 0.05) is 10.9 Å². The van der Waals surface area contributed by atoms with E-state index in [4.69, 9.17) is 11.6 Å². The van der Waals surface area contributed by atoms with Crippen LogP contribution in [0.2, 0.25) is 5.15 Å². The Balaban J connectivity index is 2.26. The van der Waals surface area contributed by atoms with Crippen molar-refractivity contribution in [3.05, 3.63) is 40.8 Å². The number of pyridine rings is 1. The zero-order valence-electron chi connectivity index (χ0n) is 11.5. The number of fused-ring (bicyclic) bond motifs is 1. The molecular weight excluding hydrogens is 274 g/mol. The molecule has 6 heteroatoms. The normalized spacial score (nSPS) is 11.4. The van der Waals surface area contributed by atoms with E-state index in [1.165, 1.54) is 0 Å². The van der Waals surface area contributed by atoms with E-state index in [0.717, 1.165) is 27.7 Å². The second-order valence-electron chi connectivity index (χ2n) is 5.06. The second kappa shape index (κ2) is 4.83. The van der Waals surface area contributed by atoms with Crippen LogP contribution in [0, 0.1) is 6.92 Å². The minimum Gasteiger partial charge on any atom is -0.235 e. The van der Waals surface area contributed by atoms with Crippen LogP contribution in [0.4, 0.5) is 0 Å². The van der Waals surface area contributed by atoms with Crippen LogP contribution in [0.3, 0.4) is 0 Å². The Hall–Kier alpha value is -2.01. The van der Waals surface area contributed by atoms with Gasteiger partial charge >= 0.3 is 0 Å². The lowest BCUT2D eigenvalue weighted by molar-refractivity contribution is 0.786. The summed E-state index contributed by atoms with van der Waals surface area (Å²) in [4.78, 5) is 4.55. The van der Waals surface area contributed by atoms with Crippen LogP contribution in [-0.4, -0.2) is 25.2 Å². The van der Waals surface area contributed by atoms with Crippen LogP contribution in [-0.2, 0) is 0 Å². The van der Waals surface area contributed by atoms with E-state index in [0.29, 0.717) is 11.1 Å². The molecule has 0 saturated heterocycles. The minimum atomic E-state index is 0.346. The molecule has 2 aromatic heterocycles. The van der Waals surface area contributed by atoms with Gasteiger partial charge in [0.05, 0.1) is 11.2 Å². The van der Waals surface area contributed by atoms with Gasteiger partial charge in [0.2, 0.25) is 0 Å². The number of benzene rings is 1. The van der Waals surface area contributed by atoms with Crippen molar-refractivity contribution in [3.63, 3.8) is 0 Å². The van der Waals surface area contributed by atoms with Crippen LogP contribution in [0.1, 0.15) is 30.9 Å². The zero-order valence-corrected chi connectivity index (χ0v) is 12.3. The number of hydrogen-bond donors (Lipinski definition) is 0. The van der Waals surface area contributed by atoms with Gasteiger partial charge in [-0.25, -0.2) is 9.67 Å². The van der Waals surface area contributed by atoms with Crippen molar-refractivity contribution in [3.8, 4) is 5.69 Å². The van der Waals surface area contributed by atoms with Gasteiger partial charge < -0.3 is 0 Å². The number of rotatable bonds is 2. The Morgan fingerprint density at radius 1 is 1.25 bits per heavy atom. The maximum atomic E-state index is 6.29. The van der Waals surface area contributed by atoms with Gasteiger partial charge in [0.25, 0.3) is 0 Å². The first kappa shape index (κ1) is 13.0. The average molecular weight is 288 g/mol. The molecule has 0 spiro atoms. The third-order valence-corrected chi connectivity index (χ3v) is 3.71. The van der Waals surface area contributed by atoms with Gasteiger partial charge in [-0.1, -0.05) is 31.5 Å². The van der Waals surface area contributed by atoms with E-state index in [-0.39, 0.29) is 0 Å². The zero-order chi connectivity index (χ0) is 14.3. The Kier molecular flexibility index (Phi) is 3.14. The second-order valence-corrected chi connectivity index (χ2v) is 5.42. The van der Waals surface area contributed by atoms with E-state index in [1.807, 2.05) is 19.1 Å². The Bertz CT molecular complexity index is 765. The molecule has 0 aliphatic rings. The monoisotopic (exact) mass is 287 g/mol. The van der Waals surface area contributed by atoms with Crippen molar-refractivity contribution in [2.75, 3.05) is 0 Å². The summed E-state index contributed by atoms with van der Waals surface area (Å²) < 4.78 is 1.63. The number of aromatic nitrogens is 5. The predicted octanol–water partition coefficient (Wildman–Crippen LogP) is 3.30. The maximum Gasteiger partial charge on any atom is 0.143 e. The van der Waals surface area contributed by atoms with Crippen molar-refractivity contribution >= 4 is 22.5 Å². The highest BCUT2D eigenvalue weighted by Gasteiger charge is 2.12. The maximum absolute atomic E-state index is 6.29. The molecule has 0 aliphatic heterocycles. The van der Waals surface area contributed by atoms with E-state index >= 15 is 0 Å². The summed E-state index contributed by atoms with van der Waals surface area (Å²) in [5.74, 6) is 0.346. The molecule has 0 bridgehead atoms. The molecule has 0 amide bonds. The molecule has 102 valence electrons. The van der Waals surface area contributed by atoms with Crippen LogP contribution < -0.4 is 0 Å². The summed E-state index contributed by atoms with van der Waals surface area (Å²) in [6.45, 7) is 6.21. The highest BCUT2D eigenvalue weighted by atomic mass is 35.5. The van der Waals surface area contributed by atoms with Gasteiger partial charge in [-0.05, 0) is 41.0 Å². The smallest absolute Gasteiger partial charge is 0.143 e. The highest BCUT2D eigenvalue weighted by Crippen LogP contribution is 2.29. The molecule has 0 fully saturated rings. The highest BCUT2D eigenvalue weighted by molar-refractivity contribution is 6.30. The van der Waals surface area contributed by atoms with E-state index < -0.39 is 0 Å². The third kappa shape index (κ3) is 2.04. The summed E-state index contributed by atoms with van der Waals surface area (Å²) in [7, 11) is 0. The molecule has 3 aromatic rings. The van der Waals surface area contributed by atoms with Crippen molar-refractivity contribution in [2.45, 2.75) is 26.7 Å². The Morgan fingerprint density at radius 2 is 2.05 bits per heavy atom. The summed E-state index contributed by atoms with van der Waals surface area (Å²) in [5.41, 5.74) is 3.86. The summed E-state index contributed by atoms with van der Waals surface area (Å²) in [6, 6.07) is 6.12. The predicted molar refractivity (Wildman–Crippen MR) is 78.3 cm³/mol. The van der Waals surface area contributed by atoms with Crippen LogP contribution >= 0.6 is 11.6 Å². The minimum absolute atomic E-state index is 0.346. The molecule has 0 radical (unpaired) electrons.